The summed E-state index contributed by atoms with van der Waals surface area (Å²) >= 11 is 5.85. The number of piperazine rings is 1. The van der Waals surface area contributed by atoms with Gasteiger partial charge in [-0.15, -0.1) is 0 Å². The number of carbonyl (C=O) groups excluding carboxylic acids is 3. The second kappa shape index (κ2) is 8.30. The van der Waals surface area contributed by atoms with Crippen molar-refractivity contribution in [2.24, 2.45) is 0 Å². The molecule has 1 atom stereocenters. The molecule has 0 bridgehead atoms. The van der Waals surface area contributed by atoms with Gasteiger partial charge in [0.05, 0.1) is 18.8 Å². The van der Waals surface area contributed by atoms with Crippen molar-refractivity contribution < 1.29 is 27.6 Å². The quantitative estimate of drug-likeness (QED) is 0.648. The minimum absolute atomic E-state index is 0.0207. The zero-order valence-corrected chi connectivity index (χ0v) is 19.6. The number of hydrogen-bond donors (Lipinski definition) is 0. The molecule has 4 rings (SSSR count). The van der Waals surface area contributed by atoms with Gasteiger partial charge in [0.2, 0.25) is 11.8 Å². The second-order valence-electron chi connectivity index (χ2n) is 8.86. The Bertz CT molecular complexity index is 1160. The van der Waals surface area contributed by atoms with E-state index in [4.69, 9.17) is 11.6 Å². The molecule has 10 heteroatoms. The van der Waals surface area contributed by atoms with Gasteiger partial charge < -0.3 is 9.80 Å². The number of rotatable bonds is 4. The van der Waals surface area contributed by atoms with Crippen LogP contribution in [0.4, 0.5) is 18.9 Å². The molecule has 0 aliphatic carbocycles. The summed E-state index contributed by atoms with van der Waals surface area (Å²) < 4.78 is 41.9. The minimum atomic E-state index is -3.01. The fourth-order valence-electron chi connectivity index (χ4n) is 4.49. The van der Waals surface area contributed by atoms with Crippen LogP contribution < -0.4 is 4.90 Å². The summed E-state index contributed by atoms with van der Waals surface area (Å²) in [5.74, 6) is -4.98. The van der Waals surface area contributed by atoms with Crippen LogP contribution >= 0.6 is 11.6 Å². The van der Waals surface area contributed by atoms with Gasteiger partial charge in [-0.2, -0.15) is 0 Å². The van der Waals surface area contributed by atoms with Crippen molar-refractivity contribution in [2.45, 2.75) is 44.8 Å². The first kappa shape index (κ1) is 24.1. The zero-order chi connectivity index (χ0) is 25.0. The summed E-state index contributed by atoms with van der Waals surface area (Å²) in [6.45, 7) is 3.53. The molecule has 3 amide bonds. The van der Waals surface area contributed by atoms with Crippen LogP contribution in [0, 0.1) is 5.82 Å². The molecule has 0 aromatic heterocycles. The van der Waals surface area contributed by atoms with Gasteiger partial charge in [-0.05, 0) is 30.7 Å². The lowest BCUT2D eigenvalue weighted by Crippen LogP contribution is -2.82. The molecular weight excluding hydrogens is 471 g/mol. The average molecular weight is 494 g/mol. The van der Waals surface area contributed by atoms with Crippen molar-refractivity contribution in [2.75, 3.05) is 18.0 Å². The van der Waals surface area contributed by atoms with E-state index in [0.717, 1.165) is 17.9 Å². The van der Waals surface area contributed by atoms with Crippen molar-refractivity contribution >= 4 is 35.0 Å². The van der Waals surface area contributed by atoms with E-state index in [1.165, 1.54) is 60.0 Å². The monoisotopic (exact) mass is 493 g/mol. The van der Waals surface area contributed by atoms with E-state index in [0.29, 0.717) is 5.56 Å². The lowest BCUT2D eigenvalue weighted by atomic mass is 9.81. The number of alkyl halides is 2. The molecule has 0 radical (unpaired) electrons. The van der Waals surface area contributed by atoms with E-state index >= 15 is 0 Å². The lowest BCUT2D eigenvalue weighted by molar-refractivity contribution is -0.171. The summed E-state index contributed by atoms with van der Waals surface area (Å²) in [5.41, 5.74) is -1.09. The first-order valence-electron chi connectivity index (χ1n) is 10.7. The number of nitrogens with zero attached hydrogens (tertiary/aromatic N) is 3. The Morgan fingerprint density at radius 2 is 1.76 bits per heavy atom. The Morgan fingerprint density at radius 3 is 2.29 bits per heavy atom. The number of carbonyl (C=O) groups is 3. The molecule has 2 aromatic carbocycles. The molecule has 180 valence electrons. The topological polar surface area (TPSA) is 60.9 Å². The van der Waals surface area contributed by atoms with E-state index in [-0.39, 0.29) is 41.8 Å². The highest BCUT2D eigenvalue weighted by Gasteiger charge is 2.62. The molecule has 1 spiro atoms. The van der Waals surface area contributed by atoms with E-state index in [2.05, 4.69) is 0 Å². The van der Waals surface area contributed by atoms with Crippen LogP contribution in [0.15, 0.2) is 42.5 Å². The Balaban J connectivity index is 1.71. The molecule has 2 saturated heterocycles. The molecule has 2 heterocycles. The van der Waals surface area contributed by atoms with E-state index in [1.54, 1.807) is 0 Å². The number of likely N-dealkylation sites (tertiary alicyclic amines) is 1. The molecule has 34 heavy (non-hydrogen) atoms. The van der Waals surface area contributed by atoms with E-state index < -0.39 is 35.1 Å². The lowest BCUT2D eigenvalue weighted by Gasteiger charge is -2.59. The summed E-state index contributed by atoms with van der Waals surface area (Å²) in [5, 5.41) is 0.147. The van der Waals surface area contributed by atoms with Crippen LogP contribution in [0.5, 0.6) is 0 Å². The van der Waals surface area contributed by atoms with Gasteiger partial charge in [-0.3, -0.25) is 19.3 Å². The highest BCUT2D eigenvalue weighted by atomic mass is 35.5. The van der Waals surface area contributed by atoms with Gasteiger partial charge in [0, 0.05) is 31.0 Å². The maximum absolute atomic E-state index is 14.7. The van der Waals surface area contributed by atoms with Crippen LogP contribution in [0.1, 0.15) is 31.9 Å². The van der Waals surface area contributed by atoms with Gasteiger partial charge in [-0.25, -0.2) is 13.2 Å². The predicted molar refractivity (Wildman–Crippen MR) is 120 cm³/mol. The fraction of sp³-hybridized carbons (Fsp3) is 0.375. The molecule has 2 aliphatic heterocycles. The van der Waals surface area contributed by atoms with Crippen molar-refractivity contribution in [1.29, 1.82) is 0 Å². The third kappa shape index (κ3) is 3.91. The summed E-state index contributed by atoms with van der Waals surface area (Å²) in [4.78, 5) is 43.1. The molecule has 2 aliphatic rings. The standard InChI is InChI=1S/C24H23ClF3N3O3/c1-14-21(33)30(11-16-4-6-17(7-5-16)23(3,27)28)24(12-29(13-24)15(2)32)22(34)31(14)20-9-8-18(25)10-19(20)26/h4-10,14H,11-13H2,1-3H3. The van der Waals surface area contributed by atoms with Crippen molar-refractivity contribution in [3.05, 3.63) is 64.4 Å². The Kier molecular flexibility index (Phi) is 5.88. The number of hydrogen-bond acceptors (Lipinski definition) is 3. The highest BCUT2D eigenvalue weighted by Crippen LogP contribution is 2.40. The second-order valence-corrected chi connectivity index (χ2v) is 9.30. The maximum Gasteiger partial charge on any atom is 0.270 e. The van der Waals surface area contributed by atoms with Gasteiger partial charge in [0.1, 0.15) is 11.9 Å². The van der Waals surface area contributed by atoms with Crippen LogP contribution in [-0.4, -0.2) is 52.2 Å². The summed E-state index contributed by atoms with van der Waals surface area (Å²) in [6, 6.07) is 8.32. The number of amides is 3. The fourth-order valence-corrected chi connectivity index (χ4v) is 4.64. The molecule has 6 nitrogen and oxygen atoms in total. The SMILES string of the molecule is CC(=O)N1CC2(C1)C(=O)N(c1ccc(Cl)cc1F)C(C)C(=O)N2Cc1ccc(C(C)(F)F)cc1. The van der Waals surface area contributed by atoms with Crippen molar-refractivity contribution in [3.63, 3.8) is 0 Å². The predicted octanol–water partition coefficient (Wildman–Crippen LogP) is 3.96. The summed E-state index contributed by atoms with van der Waals surface area (Å²) in [6.07, 6.45) is 0. The summed E-state index contributed by atoms with van der Waals surface area (Å²) in [7, 11) is 0. The molecular formula is C24H23ClF3N3O3. The van der Waals surface area contributed by atoms with Crippen LogP contribution in [0.2, 0.25) is 5.02 Å². The molecule has 2 aromatic rings. The molecule has 0 N–H and O–H groups in total. The third-order valence-electron chi connectivity index (χ3n) is 6.47. The van der Waals surface area contributed by atoms with Gasteiger partial charge >= 0.3 is 0 Å². The number of anilines is 1. The Labute approximate surface area is 199 Å². The van der Waals surface area contributed by atoms with Crippen molar-refractivity contribution in [3.8, 4) is 0 Å². The van der Waals surface area contributed by atoms with Crippen LogP contribution in [-0.2, 0) is 26.9 Å². The van der Waals surface area contributed by atoms with Gasteiger partial charge in [-0.1, -0.05) is 35.9 Å². The minimum Gasteiger partial charge on any atom is -0.337 e. The Morgan fingerprint density at radius 1 is 1.15 bits per heavy atom. The average Bonchev–Trinajstić information content (AvgIpc) is 2.72. The molecule has 0 saturated carbocycles. The van der Waals surface area contributed by atoms with Crippen LogP contribution in [0.3, 0.4) is 0 Å². The molecule has 2 fully saturated rings. The first-order valence-corrected chi connectivity index (χ1v) is 11.1. The smallest absolute Gasteiger partial charge is 0.270 e. The largest absolute Gasteiger partial charge is 0.337 e. The maximum atomic E-state index is 14.7. The van der Waals surface area contributed by atoms with E-state index in [1.807, 2.05) is 0 Å². The zero-order valence-electron chi connectivity index (χ0n) is 18.8. The van der Waals surface area contributed by atoms with Crippen molar-refractivity contribution in [1.82, 2.24) is 9.80 Å². The molecule has 1 unspecified atom stereocenters. The highest BCUT2D eigenvalue weighted by molar-refractivity contribution is 6.30. The number of benzene rings is 2. The third-order valence-corrected chi connectivity index (χ3v) is 6.70. The van der Waals surface area contributed by atoms with Crippen LogP contribution in [0.25, 0.3) is 0 Å². The first-order chi connectivity index (χ1) is 15.8. The Hall–Kier alpha value is -3.07. The van der Waals surface area contributed by atoms with E-state index in [9.17, 15) is 27.6 Å². The van der Waals surface area contributed by atoms with Gasteiger partial charge in [0.15, 0.2) is 5.54 Å². The normalized spacial score (nSPS) is 20.1. The van der Waals surface area contributed by atoms with Gasteiger partial charge in [0.25, 0.3) is 11.8 Å². The number of halogens is 4.